The van der Waals surface area contributed by atoms with Crippen molar-refractivity contribution in [2.75, 3.05) is 0 Å². The molecule has 0 unspecified atom stereocenters. The van der Waals surface area contributed by atoms with E-state index in [-0.39, 0.29) is 0 Å². The number of nitrogens with zero attached hydrogens (tertiary/aromatic N) is 1. The van der Waals surface area contributed by atoms with Crippen LogP contribution in [0.3, 0.4) is 0 Å². The van der Waals surface area contributed by atoms with Gasteiger partial charge in [-0.2, -0.15) is 0 Å². The predicted molar refractivity (Wildman–Crippen MR) is 153 cm³/mol. The van der Waals surface area contributed by atoms with Crippen molar-refractivity contribution in [3.8, 4) is 11.1 Å². The summed E-state index contributed by atoms with van der Waals surface area (Å²) in [5, 5.41) is 2.62. The molecule has 5 aromatic carbocycles. The molecule has 1 aromatic heterocycles. The van der Waals surface area contributed by atoms with Gasteiger partial charge in [-0.15, -0.1) is 0 Å². The fraction of sp³-hybridized carbons (Fsp3) is 0.0606. The summed E-state index contributed by atoms with van der Waals surface area (Å²) in [6, 6.07) is 39.1. The van der Waals surface area contributed by atoms with Gasteiger partial charge < -0.3 is 10.3 Å². The molecule has 37 heavy (non-hydrogen) atoms. The number of nitrogens with two attached hydrogens (primary N) is 1. The van der Waals surface area contributed by atoms with E-state index >= 15 is 0 Å². The van der Waals surface area contributed by atoms with Gasteiger partial charge >= 0.3 is 0 Å². The summed E-state index contributed by atoms with van der Waals surface area (Å²) < 4.78 is 2.31. The van der Waals surface area contributed by atoms with Crippen LogP contribution in [0.1, 0.15) is 27.0 Å². The third-order valence-electron chi connectivity index (χ3n) is 7.02. The summed E-state index contributed by atoms with van der Waals surface area (Å²) in [5.74, 6) is -0.420. The second-order valence-electron chi connectivity index (χ2n) is 9.32. The van der Waals surface area contributed by atoms with Crippen molar-refractivity contribution < 1.29 is 4.79 Å². The molecule has 2 N–H and O–H groups in total. The van der Waals surface area contributed by atoms with Gasteiger partial charge in [0.15, 0.2) is 0 Å². The zero-order valence-electron chi connectivity index (χ0n) is 20.2. The minimum absolute atomic E-state index is 0.420. The first-order chi connectivity index (χ1) is 18.1. The fourth-order valence-electron chi connectivity index (χ4n) is 5.21. The highest BCUT2D eigenvalue weighted by Gasteiger charge is 2.18. The monoisotopic (exact) mass is 500 g/mol. The van der Waals surface area contributed by atoms with Crippen molar-refractivity contribution in [3.63, 3.8) is 0 Å². The molecular weight excluding hydrogens is 476 g/mol. The fourth-order valence-corrected chi connectivity index (χ4v) is 5.34. The van der Waals surface area contributed by atoms with Gasteiger partial charge in [0.2, 0.25) is 5.91 Å². The lowest BCUT2D eigenvalue weighted by Gasteiger charge is -2.14. The number of hydrogen-bond acceptors (Lipinski definition) is 1. The lowest BCUT2D eigenvalue weighted by atomic mass is 9.99. The summed E-state index contributed by atoms with van der Waals surface area (Å²) in [4.78, 5) is 12.4. The lowest BCUT2D eigenvalue weighted by molar-refractivity contribution is 0.100. The number of aromatic nitrogens is 1. The summed E-state index contributed by atoms with van der Waals surface area (Å²) in [5.41, 5.74) is 14.4. The molecule has 0 fully saturated rings. The molecule has 1 heterocycles. The van der Waals surface area contributed by atoms with Crippen LogP contribution in [0.4, 0.5) is 0 Å². The highest BCUT2D eigenvalue weighted by molar-refractivity contribution is 6.30. The Hall–Kier alpha value is -4.34. The molecule has 0 radical (unpaired) electrons. The number of benzene rings is 5. The van der Waals surface area contributed by atoms with E-state index in [1.54, 1.807) is 0 Å². The maximum atomic E-state index is 12.4. The van der Waals surface area contributed by atoms with Gasteiger partial charge in [-0.25, -0.2) is 0 Å². The van der Waals surface area contributed by atoms with Crippen molar-refractivity contribution in [2.24, 2.45) is 5.73 Å². The molecule has 6 aromatic rings. The average molecular weight is 501 g/mol. The van der Waals surface area contributed by atoms with Crippen LogP contribution < -0.4 is 5.73 Å². The normalized spacial score (nSPS) is 11.3. The molecule has 0 saturated heterocycles. The van der Waals surface area contributed by atoms with Gasteiger partial charge in [0.25, 0.3) is 0 Å². The Labute approximate surface area is 220 Å². The minimum Gasteiger partial charge on any atom is -0.366 e. The van der Waals surface area contributed by atoms with Crippen molar-refractivity contribution in [2.45, 2.75) is 13.0 Å². The predicted octanol–water partition coefficient (Wildman–Crippen LogP) is 7.85. The van der Waals surface area contributed by atoms with Gasteiger partial charge in [-0.05, 0) is 64.6 Å². The molecule has 0 atom stereocenters. The molecule has 4 heteroatoms. The third-order valence-corrected chi connectivity index (χ3v) is 7.27. The molecule has 0 aliphatic rings. The number of halogens is 1. The Kier molecular flexibility index (Phi) is 5.99. The van der Waals surface area contributed by atoms with E-state index in [9.17, 15) is 4.79 Å². The number of hydrogen-bond donors (Lipinski definition) is 1. The molecule has 0 saturated carbocycles. The van der Waals surface area contributed by atoms with Crippen molar-refractivity contribution in [1.82, 2.24) is 4.57 Å². The topological polar surface area (TPSA) is 48.0 Å². The van der Waals surface area contributed by atoms with Crippen molar-refractivity contribution >= 4 is 39.3 Å². The third kappa shape index (κ3) is 4.39. The Morgan fingerprint density at radius 2 is 1.41 bits per heavy atom. The number of carbonyl (C=O) groups is 1. The number of carbonyl (C=O) groups excluding carboxylic acids is 1. The molecule has 0 aliphatic heterocycles. The summed E-state index contributed by atoms with van der Waals surface area (Å²) in [6.45, 7) is 0.676. The van der Waals surface area contributed by atoms with Crippen LogP contribution in [0.25, 0.3) is 32.9 Å². The smallest absolute Gasteiger partial charge is 0.249 e. The second-order valence-corrected chi connectivity index (χ2v) is 9.76. The van der Waals surface area contributed by atoms with Gasteiger partial charge in [0, 0.05) is 27.9 Å². The maximum Gasteiger partial charge on any atom is 0.249 e. The van der Waals surface area contributed by atoms with E-state index < -0.39 is 5.91 Å². The number of primary amides is 1. The van der Waals surface area contributed by atoms with E-state index in [1.165, 1.54) is 16.7 Å². The number of fused-ring (bicyclic) bond motifs is 3. The average Bonchev–Trinajstić information content (AvgIpc) is 3.23. The van der Waals surface area contributed by atoms with Crippen LogP contribution in [0, 0.1) is 0 Å². The Morgan fingerprint density at radius 3 is 2.16 bits per heavy atom. The SMILES string of the molecule is NC(=O)c1cccc2c1c1ccc(-c3ccc(Cl)cc3)cc1n2Cc1ccccc1Cc1ccccc1. The number of amides is 1. The highest BCUT2D eigenvalue weighted by Crippen LogP contribution is 2.35. The summed E-state index contributed by atoms with van der Waals surface area (Å²) >= 11 is 6.14. The second kappa shape index (κ2) is 9.61. The van der Waals surface area contributed by atoms with Crippen LogP contribution in [-0.2, 0) is 13.0 Å². The van der Waals surface area contributed by atoms with Crippen LogP contribution in [0.15, 0.2) is 115 Å². The highest BCUT2D eigenvalue weighted by atomic mass is 35.5. The first-order valence-electron chi connectivity index (χ1n) is 12.3. The Bertz CT molecular complexity index is 1750. The molecule has 0 spiro atoms. The summed E-state index contributed by atoms with van der Waals surface area (Å²) in [6.07, 6.45) is 0.858. The largest absolute Gasteiger partial charge is 0.366 e. The van der Waals surface area contributed by atoms with E-state index in [2.05, 4.69) is 77.4 Å². The van der Waals surface area contributed by atoms with Gasteiger partial charge in [0.1, 0.15) is 0 Å². The Morgan fingerprint density at radius 1 is 0.703 bits per heavy atom. The lowest BCUT2D eigenvalue weighted by Crippen LogP contribution is -2.11. The molecule has 1 amide bonds. The quantitative estimate of drug-likeness (QED) is 0.248. The molecule has 3 nitrogen and oxygen atoms in total. The van der Waals surface area contributed by atoms with Crippen molar-refractivity contribution in [1.29, 1.82) is 0 Å². The first kappa shape index (κ1) is 23.1. The Balaban J connectivity index is 1.55. The molecular formula is C33H25ClN2O. The van der Waals surface area contributed by atoms with E-state index in [0.717, 1.165) is 39.4 Å². The maximum absolute atomic E-state index is 12.4. The zero-order chi connectivity index (χ0) is 25.4. The van der Waals surface area contributed by atoms with Crippen LogP contribution >= 0.6 is 11.6 Å². The zero-order valence-corrected chi connectivity index (χ0v) is 21.0. The standard InChI is InChI=1S/C33H25ClN2O/c34-27-16-13-23(14-17-27)25-15-18-28-31(20-25)36(30-12-6-11-29(32(28)30)33(35)37)21-26-10-5-4-9-24(26)19-22-7-2-1-3-8-22/h1-18,20H,19,21H2,(H2,35,37). The molecule has 180 valence electrons. The van der Waals surface area contributed by atoms with Gasteiger partial charge in [0.05, 0.1) is 11.0 Å². The number of rotatable bonds is 6. The van der Waals surface area contributed by atoms with Gasteiger partial charge in [-0.3, -0.25) is 4.79 Å². The minimum atomic E-state index is -0.420. The van der Waals surface area contributed by atoms with E-state index in [1.807, 2.05) is 42.5 Å². The van der Waals surface area contributed by atoms with E-state index in [0.29, 0.717) is 17.1 Å². The van der Waals surface area contributed by atoms with Crippen LogP contribution in [0.2, 0.25) is 5.02 Å². The first-order valence-corrected chi connectivity index (χ1v) is 12.7. The summed E-state index contributed by atoms with van der Waals surface area (Å²) in [7, 11) is 0. The molecule has 0 bridgehead atoms. The van der Waals surface area contributed by atoms with E-state index in [4.69, 9.17) is 17.3 Å². The van der Waals surface area contributed by atoms with Crippen LogP contribution in [-0.4, -0.2) is 10.5 Å². The van der Waals surface area contributed by atoms with Gasteiger partial charge in [-0.1, -0.05) is 96.5 Å². The molecule has 0 aliphatic carbocycles. The van der Waals surface area contributed by atoms with Crippen molar-refractivity contribution in [3.05, 3.63) is 143 Å². The molecule has 6 rings (SSSR count). The van der Waals surface area contributed by atoms with Crippen LogP contribution in [0.5, 0.6) is 0 Å².